The molecule has 0 heterocycles. The number of ether oxygens (including phenoxy) is 3. The number of Topliss-reactive ketones (excluding diaryl/α,β-unsaturated/α-hetero) is 1. The number of esters is 2. The van der Waals surface area contributed by atoms with E-state index in [0.717, 1.165) is 0 Å². The summed E-state index contributed by atoms with van der Waals surface area (Å²) < 4.78 is 15.0. The second-order valence-electron chi connectivity index (χ2n) is 8.76. The van der Waals surface area contributed by atoms with Crippen LogP contribution in [0.3, 0.4) is 0 Å². The Labute approximate surface area is 201 Å². The van der Waals surface area contributed by atoms with Gasteiger partial charge in [-0.1, -0.05) is 12.8 Å². The molecular formula is C23H40N2O9. The third-order valence-electron chi connectivity index (χ3n) is 4.28. The van der Waals surface area contributed by atoms with Crippen molar-refractivity contribution in [2.45, 2.75) is 84.3 Å². The van der Waals surface area contributed by atoms with Crippen LogP contribution in [0.15, 0.2) is 0 Å². The van der Waals surface area contributed by atoms with Crippen molar-refractivity contribution in [3.05, 3.63) is 0 Å². The highest BCUT2D eigenvalue weighted by Gasteiger charge is 2.21. The summed E-state index contributed by atoms with van der Waals surface area (Å²) in [6, 6.07) is -0.786. The molecule has 0 fully saturated rings. The van der Waals surface area contributed by atoms with E-state index in [1.54, 1.807) is 27.7 Å². The van der Waals surface area contributed by atoms with Gasteiger partial charge in [0.1, 0.15) is 24.9 Å². The second kappa shape index (κ2) is 17.9. The number of unbranched alkanes of at least 4 members (excludes halogenated alkanes) is 2. The lowest BCUT2D eigenvalue weighted by molar-refractivity contribution is -0.155. The van der Waals surface area contributed by atoms with Crippen molar-refractivity contribution in [3.8, 4) is 0 Å². The molecule has 0 aromatic carbocycles. The number of hydrogen-bond acceptors (Lipinski definition) is 9. The molecule has 3 N–H and O–H groups in total. The summed E-state index contributed by atoms with van der Waals surface area (Å²) in [6.45, 7) is 6.97. The number of carbonyl (C=O) groups is 5. The predicted octanol–water partition coefficient (Wildman–Crippen LogP) is 1.37. The Bertz CT molecular complexity index is 659. The minimum Gasteiger partial charge on any atom is -0.480 e. The highest BCUT2D eigenvalue weighted by molar-refractivity contribution is 5.85. The van der Waals surface area contributed by atoms with E-state index in [-0.39, 0.29) is 50.3 Å². The molecule has 0 aliphatic rings. The fraction of sp³-hybridized carbons (Fsp3) is 0.783. The van der Waals surface area contributed by atoms with Crippen LogP contribution in [-0.4, -0.2) is 79.3 Å². The van der Waals surface area contributed by atoms with Gasteiger partial charge in [0, 0.05) is 12.8 Å². The van der Waals surface area contributed by atoms with Crippen molar-refractivity contribution in [1.29, 1.82) is 0 Å². The molecule has 196 valence electrons. The molecule has 0 aromatic heterocycles. The molecule has 0 spiro atoms. The van der Waals surface area contributed by atoms with Crippen LogP contribution in [0, 0.1) is 0 Å². The van der Waals surface area contributed by atoms with Gasteiger partial charge in [0.25, 0.3) is 0 Å². The number of aliphatic carboxylic acids is 1. The van der Waals surface area contributed by atoms with Crippen LogP contribution in [0.5, 0.6) is 0 Å². The van der Waals surface area contributed by atoms with E-state index in [1.807, 2.05) is 0 Å². The summed E-state index contributed by atoms with van der Waals surface area (Å²) in [5.74, 6) is -2.49. The molecule has 0 unspecified atom stereocenters. The quantitative estimate of drug-likeness (QED) is 0.179. The molecule has 0 saturated carbocycles. The highest BCUT2D eigenvalue weighted by Crippen LogP contribution is 2.09. The molecule has 11 heteroatoms. The monoisotopic (exact) mass is 488 g/mol. The summed E-state index contributed by atoms with van der Waals surface area (Å²) >= 11 is 0. The number of hydrogen-bond donors (Lipinski definition) is 3. The molecule has 0 saturated heterocycles. The van der Waals surface area contributed by atoms with Gasteiger partial charge in [0.05, 0.1) is 13.2 Å². The van der Waals surface area contributed by atoms with Gasteiger partial charge in [0.2, 0.25) is 5.91 Å². The largest absolute Gasteiger partial charge is 0.480 e. The lowest BCUT2D eigenvalue weighted by atomic mass is 10.1. The van der Waals surface area contributed by atoms with Gasteiger partial charge >= 0.3 is 17.9 Å². The first-order valence-corrected chi connectivity index (χ1v) is 11.6. The van der Waals surface area contributed by atoms with E-state index in [4.69, 9.17) is 19.3 Å². The molecule has 0 aliphatic heterocycles. The highest BCUT2D eigenvalue weighted by atomic mass is 16.6. The number of carboxylic acid groups (broad SMARTS) is 1. The molecule has 1 atom stereocenters. The molecule has 11 nitrogen and oxygen atoms in total. The second-order valence-corrected chi connectivity index (χ2v) is 8.76. The molecule has 1 amide bonds. The Balaban J connectivity index is 4.19. The molecule has 0 rings (SSSR count). The standard InChI is InChI=1S/C23H40N2O9/c1-5-33-22(31)18(11-8-6-7-10-17(26)15-32-16-20(28)29)25-19(27)14-24-13-9-12-21(30)34-23(2,3)4/h18,24H,5-16H2,1-4H3,(H,25,27)(H,28,29)/t18-/m0/s1. The van der Waals surface area contributed by atoms with Gasteiger partial charge in [-0.15, -0.1) is 0 Å². The minimum absolute atomic E-state index is 0.00489. The maximum Gasteiger partial charge on any atom is 0.329 e. The van der Waals surface area contributed by atoms with Crippen LogP contribution in [0.25, 0.3) is 0 Å². The number of ketones is 1. The van der Waals surface area contributed by atoms with E-state index in [0.29, 0.717) is 38.6 Å². The number of rotatable bonds is 19. The first kappa shape index (κ1) is 31.5. The van der Waals surface area contributed by atoms with Crippen LogP contribution < -0.4 is 10.6 Å². The fourth-order valence-corrected chi connectivity index (χ4v) is 2.86. The smallest absolute Gasteiger partial charge is 0.329 e. The summed E-state index contributed by atoms with van der Waals surface area (Å²) in [6.07, 6.45) is 3.19. The zero-order chi connectivity index (χ0) is 26.0. The Morgan fingerprint density at radius 2 is 1.65 bits per heavy atom. The lowest BCUT2D eigenvalue weighted by Crippen LogP contribution is -2.45. The SMILES string of the molecule is CCOC(=O)[C@H](CCCCCC(=O)COCC(=O)O)NC(=O)CNCCCC(=O)OC(C)(C)C. The third-order valence-corrected chi connectivity index (χ3v) is 4.28. The van der Waals surface area contributed by atoms with Gasteiger partial charge < -0.3 is 30.0 Å². The zero-order valence-electron chi connectivity index (χ0n) is 20.8. The molecule has 0 radical (unpaired) electrons. The predicted molar refractivity (Wildman–Crippen MR) is 123 cm³/mol. The Morgan fingerprint density at radius 3 is 2.26 bits per heavy atom. The van der Waals surface area contributed by atoms with Crippen LogP contribution in [-0.2, 0) is 38.2 Å². The maximum atomic E-state index is 12.2. The summed E-state index contributed by atoms with van der Waals surface area (Å²) in [7, 11) is 0. The van der Waals surface area contributed by atoms with Crippen molar-refractivity contribution < 1.29 is 43.3 Å². The maximum absolute atomic E-state index is 12.2. The third kappa shape index (κ3) is 19.0. The average molecular weight is 489 g/mol. The number of carbonyl (C=O) groups excluding carboxylic acids is 4. The Hall–Kier alpha value is -2.53. The van der Waals surface area contributed by atoms with Crippen molar-refractivity contribution in [3.63, 3.8) is 0 Å². The summed E-state index contributed by atoms with van der Waals surface area (Å²) in [4.78, 5) is 58.0. The van der Waals surface area contributed by atoms with E-state index >= 15 is 0 Å². The van der Waals surface area contributed by atoms with E-state index in [2.05, 4.69) is 10.6 Å². The molecular weight excluding hydrogens is 448 g/mol. The first-order valence-electron chi connectivity index (χ1n) is 11.6. The molecule has 0 aromatic rings. The number of nitrogens with one attached hydrogen (secondary N) is 2. The van der Waals surface area contributed by atoms with Gasteiger partial charge in [-0.25, -0.2) is 9.59 Å². The fourth-order valence-electron chi connectivity index (χ4n) is 2.86. The molecule has 0 aliphatic carbocycles. The summed E-state index contributed by atoms with van der Waals surface area (Å²) in [5.41, 5.74) is -0.529. The van der Waals surface area contributed by atoms with Crippen molar-refractivity contribution in [2.75, 3.05) is 32.9 Å². The van der Waals surface area contributed by atoms with Gasteiger partial charge in [-0.2, -0.15) is 0 Å². The van der Waals surface area contributed by atoms with E-state index in [1.165, 1.54) is 0 Å². The van der Waals surface area contributed by atoms with Crippen LogP contribution in [0.4, 0.5) is 0 Å². The first-order chi connectivity index (χ1) is 15.9. The average Bonchev–Trinajstić information content (AvgIpc) is 2.71. The van der Waals surface area contributed by atoms with Gasteiger partial charge in [0.15, 0.2) is 5.78 Å². The Kier molecular flexibility index (Phi) is 16.6. The topological polar surface area (TPSA) is 157 Å². The van der Waals surface area contributed by atoms with Gasteiger partial charge in [-0.3, -0.25) is 14.4 Å². The molecule has 0 bridgehead atoms. The Morgan fingerprint density at radius 1 is 0.941 bits per heavy atom. The normalized spacial score (nSPS) is 12.0. The minimum atomic E-state index is -1.13. The lowest BCUT2D eigenvalue weighted by Gasteiger charge is -2.19. The van der Waals surface area contributed by atoms with E-state index in [9.17, 15) is 24.0 Å². The van der Waals surface area contributed by atoms with Crippen molar-refractivity contribution in [2.24, 2.45) is 0 Å². The van der Waals surface area contributed by atoms with Crippen LogP contribution >= 0.6 is 0 Å². The van der Waals surface area contributed by atoms with Crippen molar-refractivity contribution in [1.82, 2.24) is 10.6 Å². The van der Waals surface area contributed by atoms with Gasteiger partial charge in [-0.05, 0) is 53.5 Å². The van der Waals surface area contributed by atoms with Crippen LogP contribution in [0.1, 0.15) is 72.6 Å². The van der Waals surface area contributed by atoms with Crippen LogP contribution in [0.2, 0.25) is 0 Å². The van der Waals surface area contributed by atoms with E-state index < -0.39 is 30.2 Å². The molecule has 34 heavy (non-hydrogen) atoms. The number of amides is 1. The zero-order valence-corrected chi connectivity index (χ0v) is 20.8. The summed E-state index contributed by atoms with van der Waals surface area (Å²) in [5, 5.41) is 14.1. The number of carboxylic acids is 1. The van der Waals surface area contributed by atoms with Crippen molar-refractivity contribution >= 4 is 29.6 Å².